The molecule has 0 radical (unpaired) electrons. The summed E-state index contributed by atoms with van der Waals surface area (Å²) in [5.41, 5.74) is 0.164. The summed E-state index contributed by atoms with van der Waals surface area (Å²) in [7, 11) is 0. The second-order valence-corrected chi connectivity index (χ2v) is 9.09. The van der Waals surface area contributed by atoms with Gasteiger partial charge in [0, 0.05) is 28.5 Å². The van der Waals surface area contributed by atoms with Crippen LogP contribution in [0.15, 0.2) is 42.5 Å². The van der Waals surface area contributed by atoms with E-state index in [1.54, 1.807) is 18.2 Å². The Morgan fingerprint density at radius 2 is 1.63 bits per heavy atom. The fourth-order valence-corrected chi connectivity index (χ4v) is 4.79. The first-order valence-corrected chi connectivity index (χ1v) is 9.87. The predicted molar refractivity (Wildman–Crippen MR) is 113 cm³/mol. The highest BCUT2D eigenvalue weighted by Crippen LogP contribution is 2.55. The Labute approximate surface area is 180 Å². The van der Waals surface area contributed by atoms with E-state index in [0.29, 0.717) is 21.9 Å². The molecule has 1 amide bonds. The second kappa shape index (κ2) is 7.66. The van der Waals surface area contributed by atoms with E-state index in [9.17, 15) is 9.59 Å². The molecule has 6 nitrogen and oxygen atoms in total. The lowest BCUT2D eigenvalue weighted by molar-refractivity contribution is -0.164. The van der Waals surface area contributed by atoms with Crippen molar-refractivity contribution in [1.29, 1.82) is 5.26 Å². The van der Waals surface area contributed by atoms with Crippen LogP contribution >= 0.6 is 11.6 Å². The molecular weight excluding hydrogens is 404 g/mol. The van der Waals surface area contributed by atoms with Crippen LogP contribution in [-0.2, 0) is 0 Å². The van der Waals surface area contributed by atoms with Crippen LogP contribution in [0.4, 0.5) is 0 Å². The minimum atomic E-state index is -1.04. The molecule has 1 aliphatic rings. The number of rotatable bonds is 5. The molecular formula is C23H23ClN2O4. The zero-order chi connectivity index (χ0) is 22.3. The summed E-state index contributed by atoms with van der Waals surface area (Å²) < 4.78 is 6.21. The summed E-state index contributed by atoms with van der Waals surface area (Å²) >= 11 is 6.12. The van der Waals surface area contributed by atoms with Crippen molar-refractivity contribution >= 4 is 23.5 Å². The average Bonchev–Trinajstić information content (AvgIpc) is 2.69. The van der Waals surface area contributed by atoms with Crippen molar-refractivity contribution in [2.45, 2.75) is 39.8 Å². The van der Waals surface area contributed by atoms with Crippen molar-refractivity contribution in [3.63, 3.8) is 0 Å². The van der Waals surface area contributed by atoms with Crippen molar-refractivity contribution in [3.8, 4) is 11.8 Å². The fourth-order valence-electron chi connectivity index (χ4n) is 4.57. The highest BCUT2D eigenvalue weighted by molar-refractivity contribution is 6.31. The van der Waals surface area contributed by atoms with E-state index in [4.69, 9.17) is 26.7 Å². The quantitative estimate of drug-likeness (QED) is 0.732. The standard InChI is InChI=1S/C23H23ClN2O4/c1-22(2)20(26-18(27)13-5-7-14(8-6-13)19(28)29)23(3,4)21(22)30-16-10-9-15(12-25)17(24)11-16/h5-11,20-21H,1-4H3,(H,26,27)(H,28,29). The van der Waals surface area contributed by atoms with Gasteiger partial charge in [-0.25, -0.2) is 4.79 Å². The van der Waals surface area contributed by atoms with Gasteiger partial charge in [-0.3, -0.25) is 4.79 Å². The van der Waals surface area contributed by atoms with Crippen LogP contribution in [0, 0.1) is 22.2 Å². The Kier molecular flexibility index (Phi) is 5.53. The highest BCUT2D eigenvalue weighted by Gasteiger charge is 2.64. The maximum Gasteiger partial charge on any atom is 0.335 e. The molecule has 2 N–H and O–H groups in total. The van der Waals surface area contributed by atoms with Gasteiger partial charge in [0.15, 0.2) is 0 Å². The number of carboxylic acid groups (broad SMARTS) is 1. The maximum atomic E-state index is 12.7. The van der Waals surface area contributed by atoms with Gasteiger partial charge < -0.3 is 15.2 Å². The van der Waals surface area contributed by atoms with Gasteiger partial charge in [0.25, 0.3) is 5.91 Å². The van der Waals surface area contributed by atoms with Gasteiger partial charge in [-0.05, 0) is 36.4 Å². The Morgan fingerprint density at radius 1 is 1.07 bits per heavy atom. The molecule has 1 saturated carbocycles. The lowest BCUT2D eigenvalue weighted by Crippen LogP contribution is -2.74. The van der Waals surface area contributed by atoms with E-state index >= 15 is 0 Å². The van der Waals surface area contributed by atoms with Crippen LogP contribution in [0.3, 0.4) is 0 Å². The number of amides is 1. The molecule has 1 fully saturated rings. The third-order valence-corrected chi connectivity index (χ3v) is 6.14. The van der Waals surface area contributed by atoms with Crippen molar-refractivity contribution < 1.29 is 19.4 Å². The lowest BCUT2D eigenvalue weighted by atomic mass is 9.49. The van der Waals surface area contributed by atoms with Crippen molar-refractivity contribution in [1.82, 2.24) is 5.32 Å². The number of aromatic carboxylic acids is 1. The molecule has 0 aliphatic heterocycles. The van der Waals surface area contributed by atoms with Crippen LogP contribution in [0.5, 0.6) is 5.75 Å². The average molecular weight is 427 g/mol. The van der Waals surface area contributed by atoms with Crippen LogP contribution in [0.1, 0.15) is 54.0 Å². The Hall–Kier alpha value is -3.04. The van der Waals surface area contributed by atoms with Gasteiger partial charge in [0.2, 0.25) is 0 Å². The van der Waals surface area contributed by atoms with Gasteiger partial charge in [0.05, 0.1) is 16.1 Å². The number of carbonyl (C=O) groups excluding carboxylic acids is 1. The molecule has 0 bridgehead atoms. The molecule has 0 spiro atoms. The van der Waals surface area contributed by atoms with Gasteiger partial charge in [-0.15, -0.1) is 0 Å². The minimum absolute atomic E-state index is 0.130. The number of nitriles is 1. The van der Waals surface area contributed by atoms with Crippen LogP contribution in [-0.4, -0.2) is 29.1 Å². The number of nitrogens with zero attached hydrogens (tertiary/aromatic N) is 1. The van der Waals surface area contributed by atoms with E-state index < -0.39 is 5.97 Å². The van der Waals surface area contributed by atoms with Crippen LogP contribution < -0.4 is 10.1 Å². The molecule has 30 heavy (non-hydrogen) atoms. The molecule has 7 heteroatoms. The Balaban J connectivity index is 1.75. The molecule has 3 rings (SSSR count). The third kappa shape index (κ3) is 3.73. The first-order chi connectivity index (χ1) is 14.0. The number of nitrogens with one attached hydrogen (secondary N) is 1. The molecule has 2 aromatic carbocycles. The number of carbonyl (C=O) groups is 2. The maximum absolute atomic E-state index is 12.7. The normalized spacial score (nSPS) is 21.1. The minimum Gasteiger partial charge on any atom is -0.489 e. The zero-order valence-corrected chi connectivity index (χ0v) is 17.9. The number of carboxylic acids is 1. The summed E-state index contributed by atoms with van der Waals surface area (Å²) in [6, 6.07) is 12.6. The smallest absolute Gasteiger partial charge is 0.335 e. The van der Waals surface area contributed by atoms with E-state index in [1.165, 1.54) is 24.3 Å². The molecule has 0 saturated heterocycles. The zero-order valence-electron chi connectivity index (χ0n) is 17.2. The molecule has 0 atom stereocenters. The topological polar surface area (TPSA) is 99.4 Å². The van der Waals surface area contributed by atoms with Crippen molar-refractivity contribution in [2.75, 3.05) is 0 Å². The molecule has 2 aromatic rings. The van der Waals surface area contributed by atoms with Crippen LogP contribution in [0.2, 0.25) is 5.02 Å². The summed E-state index contributed by atoms with van der Waals surface area (Å²) in [6.45, 7) is 8.08. The van der Waals surface area contributed by atoms with E-state index in [2.05, 4.69) is 5.32 Å². The summed E-state index contributed by atoms with van der Waals surface area (Å²) in [5, 5.41) is 21.4. The van der Waals surface area contributed by atoms with Crippen molar-refractivity contribution in [2.24, 2.45) is 10.8 Å². The van der Waals surface area contributed by atoms with Crippen LogP contribution in [0.25, 0.3) is 0 Å². The Morgan fingerprint density at radius 3 is 2.13 bits per heavy atom. The van der Waals surface area contributed by atoms with Gasteiger partial charge in [0.1, 0.15) is 17.9 Å². The number of halogens is 1. The highest BCUT2D eigenvalue weighted by atomic mass is 35.5. The monoisotopic (exact) mass is 426 g/mol. The SMILES string of the molecule is CC1(C)C(NC(=O)c2ccc(C(=O)O)cc2)C(C)(C)C1Oc1ccc(C#N)c(Cl)c1. The van der Waals surface area contributed by atoms with Gasteiger partial charge in [-0.2, -0.15) is 5.26 Å². The molecule has 0 unspecified atom stereocenters. The summed E-state index contributed by atoms with van der Waals surface area (Å²) in [4.78, 5) is 23.7. The molecule has 0 heterocycles. The number of ether oxygens (including phenoxy) is 1. The fraction of sp³-hybridized carbons (Fsp3) is 0.348. The summed E-state index contributed by atoms with van der Waals surface area (Å²) in [6.07, 6.45) is -0.200. The first kappa shape index (κ1) is 21.7. The number of hydrogen-bond donors (Lipinski definition) is 2. The van der Waals surface area contributed by atoms with E-state index in [1.807, 2.05) is 33.8 Å². The van der Waals surface area contributed by atoms with Crippen molar-refractivity contribution in [3.05, 3.63) is 64.2 Å². The second-order valence-electron chi connectivity index (χ2n) is 8.68. The first-order valence-electron chi connectivity index (χ1n) is 9.49. The van der Waals surface area contributed by atoms with E-state index in [-0.39, 0.29) is 34.4 Å². The lowest BCUT2D eigenvalue weighted by Gasteiger charge is -2.63. The molecule has 1 aliphatic carbocycles. The molecule has 156 valence electrons. The largest absolute Gasteiger partial charge is 0.489 e. The third-order valence-electron chi connectivity index (χ3n) is 5.82. The molecule has 0 aromatic heterocycles. The number of benzene rings is 2. The van der Waals surface area contributed by atoms with Gasteiger partial charge in [-0.1, -0.05) is 39.3 Å². The Bertz CT molecular complexity index is 1020. The van der Waals surface area contributed by atoms with E-state index in [0.717, 1.165) is 0 Å². The summed E-state index contributed by atoms with van der Waals surface area (Å²) in [5.74, 6) is -0.733. The predicted octanol–water partition coefficient (Wildman–Crippen LogP) is 4.52. The van der Waals surface area contributed by atoms with Gasteiger partial charge >= 0.3 is 5.97 Å². The number of hydrogen-bond acceptors (Lipinski definition) is 4.